The molecule has 2 N–H and O–H groups in total. The highest BCUT2D eigenvalue weighted by molar-refractivity contribution is 9.10. The number of benzene rings is 1. The molecule has 0 aliphatic carbocycles. The number of ether oxygens (including phenoxy) is 1. The summed E-state index contributed by atoms with van der Waals surface area (Å²) in [6, 6.07) is 5.19. The maximum atomic E-state index is 12.8. The fraction of sp³-hybridized carbons (Fsp3) is 0.591. The summed E-state index contributed by atoms with van der Waals surface area (Å²) in [4.78, 5) is 38.9. The van der Waals surface area contributed by atoms with Gasteiger partial charge in [-0.05, 0) is 57.7 Å². The monoisotopic (exact) mass is 481 g/mol. The molecule has 0 radical (unpaired) electrons. The van der Waals surface area contributed by atoms with Crippen LogP contribution in [0.3, 0.4) is 0 Å². The first kappa shape index (κ1) is 24.2. The summed E-state index contributed by atoms with van der Waals surface area (Å²) in [6.07, 6.45) is 1.48. The number of nitrogens with zero attached hydrogens (tertiary/aromatic N) is 1. The van der Waals surface area contributed by atoms with Gasteiger partial charge in [0, 0.05) is 30.0 Å². The van der Waals surface area contributed by atoms with Gasteiger partial charge in [-0.15, -0.1) is 0 Å². The second kappa shape index (κ2) is 10.3. The number of carbonyl (C=O) groups excluding carboxylic acids is 3. The maximum Gasteiger partial charge on any atom is 0.410 e. The largest absolute Gasteiger partial charge is 0.444 e. The van der Waals surface area contributed by atoms with Crippen molar-refractivity contribution in [3.8, 4) is 0 Å². The number of anilines is 1. The number of rotatable bonds is 5. The van der Waals surface area contributed by atoms with Crippen molar-refractivity contribution in [1.29, 1.82) is 0 Å². The third-order valence-electron chi connectivity index (χ3n) is 4.73. The van der Waals surface area contributed by atoms with Gasteiger partial charge in [0.1, 0.15) is 5.60 Å². The zero-order valence-corrected chi connectivity index (χ0v) is 20.0. The first-order chi connectivity index (χ1) is 14.0. The summed E-state index contributed by atoms with van der Waals surface area (Å²) in [5.74, 6) is -0.446. The van der Waals surface area contributed by atoms with E-state index in [9.17, 15) is 14.4 Å². The second-order valence-corrected chi connectivity index (χ2v) is 9.89. The Kier molecular flexibility index (Phi) is 8.29. The Labute approximate surface area is 187 Å². The van der Waals surface area contributed by atoms with E-state index in [1.54, 1.807) is 36.9 Å². The molecule has 0 saturated carbocycles. The first-order valence-corrected chi connectivity index (χ1v) is 11.1. The molecule has 0 aromatic heterocycles. The number of hydrogen-bond donors (Lipinski definition) is 2. The minimum Gasteiger partial charge on any atom is -0.444 e. The lowest BCUT2D eigenvalue weighted by Gasteiger charge is -2.34. The molecule has 1 atom stereocenters. The van der Waals surface area contributed by atoms with Gasteiger partial charge in [-0.1, -0.05) is 29.8 Å². The number of halogens is 1. The minimum absolute atomic E-state index is 0.147. The van der Waals surface area contributed by atoms with Crippen molar-refractivity contribution in [2.75, 3.05) is 25.0 Å². The van der Waals surface area contributed by atoms with Crippen LogP contribution in [0.2, 0.25) is 0 Å². The van der Waals surface area contributed by atoms with Crippen molar-refractivity contribution in [2.24, 2.45) is 11.8 Å². The molecule has 166 valence electrons. The predicted octanol–water partition coefficient (Wildman–Crippen LogP) is 4.42. The third kappa shape index (κ3) is 7.31. The topological polar surface area (TPSA) is 87.7 Å². The molecule has 2 rings (SSSR count). The number of piperidine rings is 1. The number of nitrogens with one attached hydrogen (secondary N) is 2. The zero-order valence-electron chi connectivity index (χ0n) is 18.4. The van der Waals surface area contributed by atoms with Crippen molar-refractivity contribution in [1.82, 2.24) is 10.2 Å². The van der Waals surface area contributed by atoms with Gasteiger partial charge in [-0.2, -0.15) is 0 Å². The minimum atomic E-state index is -0.532. The molecule has 30 heavy (non-hydrogen) atoms. The summed E-state index contributed by atoms with van der Waals surface area (Å²) >= 11 is 3.38. The molecule has 8 heteroatoms. The summed E-state index contributed by atoms with van der Waals surface area (Å²) in [5, 5.41) is 5.77. The smallest absolute Gasteiger partial charge is 0.410 e. The van der Waals surface area contributed by atoms with E-state index in [1.807, 2.05) is 20.8 Å². The lowest BCUT2D eigenvalue weighted by molar-refractivity contribution is -0.118. The van der Waals surface area contributed by atoms with E-state index >= 15 is 0 Å². The van der Waals surface area contributed by atoms with Gasteiger partial charge in [0.15, 0.2) is 0 Å². The number of hydrogen-bond acceptors (Lipinski definition) is 4. The fourth-order valence-electron chi connectivity index (χ4n) is 3.15. The standard InChI is InChI=1S/C22H32BrN3O4/c1-14(2)19(27)25-18-9-8-16(23)11-17(18)20(28)24-12-15-7-6-10-26(13-15)21(29)30-22(3,4)5/h8-9,11,14-15H,6-7,10,12-13H2,1-5H3,(H,24,28)(H,25,27)/t15-/m1/s1. The van der Waals surface area contributed by atoms with E-state index in [1.165, 1.54) is 0 Å². The quantitative estimate of drug-likeness (QED) is 0.651. The average Bonchev–Trinajstić information content (AvgIpc) is 2.66. The molecule has 1 aliphatic rings. The molecule has 3 amide bonds. The van der Waals surface area contributed by atoms with Gasteiger partial charge in [-0.25, -0.2) is 4.79 Å². The van der Waals surface area contributed by atoms with Gasteiger partial charge in [0.25, 0.3) is 5.91 Å². The summed E-state index contributed by atoms with van der Waals surface area (Å²) in [7, 11) is 0. The van der Waals surface area contributed by atoms with Gasteiger partial charge >= 0.3 is 6.09 Å². The molecule has 1 aromatic rings. The van der Waals surface area contributed by atoms with Crippen LogP contribution >= 0.6 is 15.9 Å². The summed E-state index contributed by atoms with van der Waals surface area (Å²) in [6.45, 7) is 10.8. The van der Waals surface area contributed by atoms with E-state index in [-0.39, 0.29) is 29.7 Å². The maximum absolute atomic E-state index is 12.8. The Balaban J connectivity index is 1.99. The van der Waals surface area contributed by atoms with E-state index in [0.29, 0.717) is 30.9 Å². The molecule has 1 fully saturated rings. The Morgan fingerprint density at radius 2 is 1.97 bits per heavy atom. The number of carbonyl (C=O) groups is 3. The first-order valence-electron chi connectivity index (χ1n) is 10.3. The van der Waals surface area contributed by atoms with Gasteiger partial charge in [0.05, 0.1) is 11.3 Å². The average molecular weight is 482 g/mol. The van der Waals surface area contributed by atoms with Crippen LogP contribution in [0.25, 0.3) is 0 Å². The van der Waals surface area contributed by atoms with Crippen molar-refractivity contribution in [3.63, 3.8) is 0 Å². The highest BCUT2D eigenvalue weighted by atomic mass is 79.9. The summed E-state index contributed by atoms with van der Waals surface area (Å²) < 4.78 is 6.21. The van der Waals surface area contributed by atoms with Crippen LogP contribution < -0.4 is 10.6 Å². The van der Waals surface area contributed by atoms with Crippen molar-refractivity contribution in [2.45, 2.75) is 53.1 Å². The normalized spacial score (nSPS) is 16.9. The predicted molar refractivity (Wildman–Crippen MR) is 120 cm³/mol. The van der Waals surface area contributed by atoms with Crippen molar-refractivity contribution < 1.29 is 19.1 Å². The molecule has 1 heterocycles. The van der Waals surface area contributed by atoms with E-state index in [0.717, 1.165) is 17.3 Å². The SMILES string of the molecule is CC(C)C(=O)Nc1ccc(Br)cc1C(=O)NC[C@H]1CCCN(C(=O)OC(C)(C)C)C1. The van der Waals surface area contributed by atoms with Crippen molar-refractivity contribution in [3.05, 3.63) is 28.2 Å². The molecule has 0 bridgehead atoms. The second-order valence-electron chi connectivity index (χ2n) is 8.98. The lowest BCUT2D eigenvalue weighted by atomic mass is 9.98. The number of amides is 3. The fourth-order valence-corrected chi connectivity index (χ4v) is 3.51. The summed E-state index contributed by atoms with van der Waals surface area (Å²) in [5.41, 5.74) is 0.349. The van der Waals surface area contributed by atoms with Crippen LogP contribution in [0, 0.1) is 11.8 Å². The van der Waals surface area contributed by atoms with E-state index < -0.39 is 5.60 Å². The molecule has 1 aromatic carbocycles. The van der Waals surface area contributed by atoms with Crippen LogP contribution in [0.15, 0.2) is 22.7 Å². The Morgan fingerprint density at radius 3 is 2.60 bits per heavy atom. The molecule has 7 nitrogen and oxygen atoms in total. The van der Waals surface area contributed by atoms with E-state index in [4.69, 9.17) is 4.74 Å². The molecular formula is C22H32BrN3O4. The highest BCUT2D eigenvalue weighted by Crippen LogP contribution is 2.23. The molecular weight excluding hydrogens is 450 g/mol. The Hall–Kier alpha value is -2.09. The van der Waals surface area contributed by atoms with Crippen LogP contribution in [0.5, 0.6) is 0 Å². The third-order valence-corrected chi connectivity index (χ3v) is 5.22. The molecule has 1 aliphatic heterocycles. The highest BCUT2D eigenvalue weighted by Gasteiger charge is 2.28. The lowest BCUT2D eigenvalue weighted by Crippen LogP contribution is -2.45. The zero-order chi connectivity index (χ0) is 22.5. The van der Waals surface area contributed by atoms with Gasteiger partial charge in [0.2, 0.25) is 5.91 Å². The Morgan fingerprint density at radius 1 is 1.27 bits per heavy atom. The number of likely N-dealkylation sites (tertiary alicyclic amines) is 1. The molecule has 1 saturated heterocycles. The van der Waals surface area contributed by atoms with Crippen LogP contribution in [-0.4, -0.2) is 48.0 Å². The van der Waals surface area contributed by atoms with Crippen LogP contribution in [0.1, 0.15) is 57.8 Å². The van der Waals surface area contributed by atoms with Crippen LogP contribution in [0.4, 0.5) is 10.5 Å². The van der Waals surface area contributed by atoms with Crippen molar-refractivity contribution >= 4 is 39.5 Å². The molecule has 0 unspecified atom stereocenters. The van der Waals surface area contributed by atoms with Gasteiger partial charge < -0.3 is 20.3 Å². The van der Waals surface area contributed by atoms with E-state index in [2.05, 4.69) is 26.6 Å². The van der Waals surface area contributed by atoms with Crippen LogP contribution in [-0.2, 0) is 9.53 Å². The Bertz CT molecular complexity index is 789. The molecule has 0 spiro atoms. The van der Waals surface area contributed by atoms with Gasteiger partial charge in [-0.3, -0.25) is 9.59 Å².